The van der Waals surface area contributed by atoms with E-state index in [0.717, 1.165) is 18.5 Å². The SMILES string of the molecule is Cc1cc(C(=O)NCCCCCl)c(C)nn1. The first-order valence-corrected chi connectivity index (χ1v) is 5.83. The number of carbonyl (C=O) groups is 1. The van der Waals surface area contributed by atoms with Crippen LogP contribution in [0.2, 0.25) is 0 Å². The highest BCUT2D eigenvalue weighted by molar-refractivity contribution is 6.17. The first-order chi connectivity index (χ1) is 7.65. The molecule has 0 aliphatic heterocycles. The molecule has 0 spiro atoms. The highest BCUT2D eigenvalue weighted by Gasteiger charge is 2.09. The van der Waals surface area contributed by atoms with Gasteiger partial charge in [-0.1, -0.05) is 0 Å². The molecule has 4 nitrogen and oxygen atoms in total. The monoisotopic (exact) mass is 241 g/mol. The number of hydrogen-bond acceptors (Lipinski definition) is 3. The van der Waals surface area contributed by atoms with E-state index in [1.165, 1.54) is 0 Å². The molecule has 16 heavy (non-hydrogen) atoms. The maximum absolute atomic E-state index is 11.8. The highest BCUT2D eigenvalue weighted by Crippen LogP contribution is 2.05. The van der Waals surface area contributed by atoms with E-state index < -0.39 is 0 Å². The van der Waals surface area contributed by atoms with Gasteiger partial charge in [0.2, 0.25) is 0 Å². The zero-order valence-electron chi connectivity index (χ0n) is 9.59. The van der Waals surface area contributed by atoms with Gasteiger partial charge in [-0.05, 0) is 32.8 Å². The fourth-order valence-corrected chi connectivity index (χ4v) is 1.49. The summed E-state index contributed by atoms with van der Waals surface area (Å²) in [5.41, 5.74) is 2.00. The van der Waals surface area contributed by atoms with Crippen molar-refractivity contribution in [1.82, 2.24) is 15.5 Å². The van der Waals surface area contributed by atoms with Gasteiger partial charge in [0, 0.05) is 12.4 Å². The van der Waals surface area contributed by atoms with E-state index in [4.69, 9.17) is 11.6 Å². The van der Waals surface area contributed by atoms with Gasteiger partial charge >= 0.3 is 0 Å². The van der Waals surface area contributed by atoms with Gasteiger partial charge in [-0.2, -0.15) is 10.2 Å². The number of halogens is 1. The summed E-state index contributed by atoms with van der Waals surface area (Å²) in [7, 11) is 0. The molecule has 1 N–H and O–H groups in total. The number of carbonyl (C=O) groups excluding carboxylic acids is 1. The molecule has 5 heteroatoms. The lowest BCUT2D eigenvalue weighted by Crippen LogP contribution is -2.25. The van der Waals surface area contributed by atoms with Crippen molar-refractivity contribution < 1.29 is 4.79 Å². The van der Waals surface area contributed by atoms with Crippen LogP contribution in [0.3, 0.4) is 0 Å². The van der Waals surface area contributed by atoms with Gasteiger partial charge in [0.25, 0.3) is 5.91 Å². The number of hydrogen-bond donors (Lipinski definition) is 1. The zero-order chi connectivity index (χ0) is 12.0. The Morgan fingerprint density at radius 3 is 2.81 bits per heavy atom. The Kier molecular flexibility index (Phi) is 5.19. The largest absolute Gasteiger partial charge is 0.352 e. The molecule has 1 aromatic rings. The summed E-state index contributed by atoms with van der Waals surface area (Å²) in [5.74, 6) is 0.537. The number of nitrogens with zero attached hydrogens (tertiary/aromatic N) is 2. The molecular weight excluding hydrogens is 226 g/mol. The fourth-order valence-electron chi connectivity index (χ4n) is 1.30. The standard InChI is InChI=1S/C11H16ClN3O/c1-8-7-10(9(2)15-14-8)11(16)13-6-4-3-5-12/h7H,3-6H2,1-2H3,(H,13,16). The molecule has 0 saturated heterocycles. The molecule has 0 aliphatic rings. The smallest absolute Gasteiger partial charge is 0.253 e. The highest BCUT2D eigenvalue weighted by atomic mass is 35.5. The molecule has 1 heterocycles. The van der Waals surface area contributed by atoms with Crippen LogP contribution < -0.4 is 5.32 Å². The van der Waals surface area contributed by atoms with Crippen LogP contribution >= 0.6 is 11.6 Å². The van der Waals surface area contributed by atoms with E-state index in [-0.39, 0.29) is 5.91 Å². The minimum Gasteiger partial charge on any atom is -0.352 e. The third kappa shape index (κ3) is 3.77. The van der Waals surface area contributed by atoms with Crippen LogP contribution in [0.5, 0.6) is 0 Å². The van der Waals surface area contributed by atoms with Crippen molar-refractivity contribution in [2.24, 2.45) is 0 Å². The van der Waals surface area contributed by atoms with E-state index >= 15 is 0 Å². The second-order valence-corrected chi connectivity index (χ2v) is 4.01. The van der Waals surface area contributed by atoms with E-state index in [9.17, 15) is 4.79 Å². The third-order valence-electron chi connectivity index (χ3n) is 2.19. The predicted octanol–water partition coefficient (Wildman–Crippen LogP) is 1.84. The molecule has 88 valence electrons. The number of aromatic nitrogens is 2. The van der Waals surface area contributed by atoms with Crippen LogP contribution in [-0.4, -0.2) is 28.5 Å². The summed E-state index contributed by atoms with van der Waals surface area (Å²) in [6.07, 6.45) is 1.81. The van der Waals surface area contributed by atoms with E-state index in [2.05, 4.69) is 15.5 Å². The van der Waals surface area contributed by atoms with Crippen molar-refractivity contribution in [3.05, 3.63) is 23.0 Å². The van der Waals surface area contributed by atoms with Crippen LogP contribution in [0.15, 0.2) is 6.07 Å². The van der Waals surface area contributed by atoms with Crippen LogP contribution in [0.25, 0.3) is 0 Å². The van der Waals surface area contributed by atoms with Crippen LogP contribution in [0.4, 0.5) is 0 Å². The Morgan fingerprint density at radius 1 is 1.38 bits per heavy atom. The molecule has 0 unspecified atom stereocenters. The number of unbranched alkanes of at least 4 members (excludes halogenated alkanes) is 1. The average molecular weight is 242 g/mol. The van der Waals surface area contributed by atoms with Crippen molar-refractivity contribution in [2.45, 2.75) is 26.7 Å². The first kappa shape index (κ1) is 12.9. The van der Waals surface area contributed by atoms with Gasteiger partial charge in [0.05, 0.1) is 17.0 Å². The maximum Gasteiger partial charge on any atom is 0.253 e. The van der Waals surface area contributed by atoms with Crippen LogP contribution in [-0.2, 0) is 0 Å². The topological polar surface area (TPSA) is 54.9 Å². The Bertz CT molecular complexity index is 368. The van der Waals surface area contributed by atoms with Gasteiger partial charge in [-0.15, -0.1) is 11.6 Å². The molecule has 1 rings (SSSR count). The lowest BCUT2D eigenvalue weighted by Gasteiger charge is -2.06. The van der Waals surface area contributed by atoms with Gasteiger partial charge in [-0.25, -0.2) is 0 Å². The number of alkyl halides is 1. The van der Waals surface area contributed by atoms with Crippen LogP contribution in [0.1, 0.15) is 34.6 Å². The van der Waals surface area contributed by atoms with Crippen molar-refractivity contribution in [3.8, 4) is 0 Å². The van der Waals surface area contributed by atoms with Crippen LogP contribution in [0, 0.1) is 13.8 Å². The Labute approximate surface area is 100 Å². The quantitative estimate of drug-likeness (QED) is 0.632. The number of rotatable bonds is 5. The normalized spacial score (nSPS) is 10.2. The second-order valence-electron chi connectivity index (χ2n) is 3.64. The Hall–Kier alpha value is -1.16. The predicted molar refractivity (Wildman–Crippen MR) is 63.8 cm³/mol. The lowest BCUT2D eigenvalue weighted by molar-refractivity contribution is 0.0952. The minimum absolute atomic E-state index is 0.0925. The van der Waals surface area contributed by atoms with Crippen molar-refractivity contribution in [2.75, 3.05) is 12.4 Å². The number of amides is 1. The molecule has 0 aliphatic carbocycles. The summed E-state index contributed by atoms with van der Waals surface area (Å²) in [4.78, 5) is 11.8. The average Bonchev–Trinajstić information content (AvgIpc) is 2.27. The molecule has 1 amide bonds. The molecule has 0 saturated carbocycles. The van der Waals surface area contributed by atoms with Crippen molar-refractivity contribution >= 4 is 17.5 Å². The van der Waals surface area contributed by atoms with Gasteiger partial charge in [0.1, 0.15) is 0 Å². The minimum atomic E-state index is -0.0925. The second kappa shape index (κ2) is 6.43. The fraction of sp³-hybridized carbons (Fsp3) is 0.545. The summed E-state index contributed by atoms with van der Waals surface area (Å²) >= 11 is 5.55. The molecule has 0 bridgehead atoms. The zero-order valence-corrected chi connectivity index (χ0v) is 10.3. The molecule has 0 aromatic carbocycles. The number of nitrogens with one attached hydrogen (secondary N) is 1. The Balaban J connectivity index is 2.55. The third-order valence-corrected chi connectivity index (χ3v) is 2.46. The Morgan fingerprint density at radius 2 is 2.12 bits per heavy atom. The molecule has 0 radical (unpaired) electrons. The summed E-state index contributed by atoms with van der Waals surface area (Å²) in [6.45, 7) is 4.24. The summed E-state index contributed by atoms with van der Waals surface area (Å²) in [6, 6.07) is 1.75. The van der Waals surface area contributed by atoms with Gasteiger partial charge in [-0.3, -0.25) is 4.79 Å². The van der Waals surface area contributed by atoms with E-state index in [0.29, 0.717) is 23.7 Å². The summed E-state index contributed by atoms with van der Waals surface area (Å²) in [5, 5.41) is 10.6. The van der Waals surface area contributed by atoms with Crippen molar-refractivity contribution in [3.63, 3.8) is 0 Å². The molecular formula is C11H16ClN3O. The van der Waals surface area contributed by atoms with Crippen molar-refractivity contribution in [1.29, 1.82) is 0 Å². The van der Waals surface area contributed by atoms with E-state index in [1.54, 1.807) is 13.0 Å². The lowest BCUT2D eigenvalue weighted by atomic mass is 10.2. The van der Waals surface area contributed by atoms with Gasteiger partial charge < -0.3 is 5.32 Å². The maximum atomic E-state index is 11.8. The first-order valence-electron chi connectivity index (χ1n) is 5.30. The van der Waals surface area contributed by atoms with Gasteiger partial charge in [0.15, 0.2) is 0 Å². The molecule has 0 fully saturated rings. The van der Waals surface area contributed by atoms with E-state index in [1.807, 2.05) is 6.92 Å². The summed E-state index contributed by atoms with van der Waals surface area (Å²) < 4.78 is 0. The molecule has 1 aromatic heterocycles. The molecule has 0 atom stereocenters. The number of aryl methyl sites for hydroxylation is 2.